The molecule has 3 fully saturated rings. The molecule has 0 aliphatic carbocycles. The Kier molecular flexibility index (Phi) is 2.85. The second-order valence-electron chi connectivity index (χ2n) is 8.02. The van der Waals surface area contributed by atoms with Crippen LogP contribution < -0.4 is 0 Å². The first-order chi connectivity index (χ1) is 8.95. The highest BCUT2D eigenvalue weighted by Crippen LogP contribution is 2.55. The van der Waals surface area contributed by atoms with E-state index >= 15 is 0 Å². The summed E-state index contributed by atoms with van der Waals surface area (Å²) in [6, 6.07) is 0. The van der Waals surface area contributed by atoms with Gasteiger partial charge in [-0.05, 0) is 53.4 Å². The molecule has 0 saturated carbocycles. The van der Waals surface area contributed by atoms with Crippen molar-refractivity contribution in [3.05, 3.63) is 0 Å². The number of hydrogen-bond donors (Lipinski definition) is 0. The van der Waals surface area contributed by atoms with Gasteiger partial charge in [0.15, 0.2) is 0 Å². The molecule has 20 heavy (non-hydrogen) atoms. The lowest BCUT2D eigenvalue weighted by atomic mass is 9.48. The zero-order chi connectivity index (χ0) is 15.1. The summed E-state index contributed by atoms with van der Waals surface area (Å²) in [4.78, 5) is 0. The van der Waals surface area contributed by atoms with Crippen molar-refractivity contribution >= 4 is 14.0 Å². The Morgan fingerprint density at radius 1 is 0.600 bits per heavy atom. The Labute approximate surface area is 123 Å². The second-order valence-corrected chi connectivity index (χ2v) is 8.02. The Balaban J connectivity index is 2.11. The maximum Gasteiger partial charge on any atom is 0.489 e. The Morgan fingerprint density at radius 2 is 0.900 bits per heavy atom. The highest BCUT2D eigenvalue weighted by molar-refractivity contribution is 7.11. The summed E-state index contributed by atoms with van der Waals surface area (Å²) in [6.07, 6.45) is 0. The molecule has 0 amide bonds. The van der Waals surface area contributed by atoms with Crippen LogP contribution in [0.25, 0.3) is 0 Å². The van der Waals surface area contributed by atoms with Gasteiger partial charge in [-0.2, -0.15) is 0 Å². The molecule has 0 spiro atoms. The van der Waals surface area contributed by atoms with Gasteiger partial charge in [0, 0.05) is 0 Å². The molecule has 0 aromatic heterocycles. The fourth-order valence-electron chi connectivity index (χ4n) is 4.12. The average molecular weight is 280 g/mol. The zero-order valence-corrected chi connectivity index (χ0v) is 13.9. The topological polar surface area (TPSA) is 36.9 Å². The molecule has 6 heteroatoms. The minimum absolute atomic E-state index is 0.287. The van der Waals surface area contributed by atoms with E-state index in [1.807, 2.05) is 0 Å². The van der Waals surface area contributed by atoms with Gasteiger partial charge >= 0.3 is 14.0 Å². The molecule has 3 unspecified atom stereocenters. The van der Waals surface area contributed by atoms with Crippen LogP contribution >= 0.6 is 0 Å². The highest BCUT2D eigenvalue weighted by Gasteiger charge is 2.71. The monoisotopic (exact) mass is 280 g/mol. The summed E-state index contributed by atoms with van der Waals surface area (Å²) < 4.78 is 24.9. The van der Waals surface area contributed by atoms with Crippen LogP contribution in [0.5, 0.6) is 0 Å². The van der Waals surface area contributed by atoms with E-state index in [1.54, 1.807) is 0 Å². The van der Waals surface area contributed by atoms with Crippen molar-refractivity contribution in [1.29, 1.82) is 0 Å². The van der Waals surface area contributed by atoms with Crippen molar-refractivity contribution < 1.29 is 18.6 Å². The molecule has 112 valence electrons. The van der Waals surface area contributed by atoms with Gasteiger partial charge in [0.05, 0.1) is 22.4 Å². The largest absolute Gasteiger partial charge is 0.489 e. The molecule has 3 heterocycles. The molecular formula is C14H26B2O4. The van der Waals surface area contributed by atoms with Crippen molar-refractivity contribution in [2.24, 2.45) is 11.8 Å². The first-order valence-corrected chi connectivity index (χ1v) is 7.66. The lowest BCUT2D eigenvalue weighted by Gasteiger charge is -2.50. The first-order valence-electron chi connectivity index (χ1n) is 7.66. The van der Waals surface area contributed by atoms with Crippen LogP contribution in [0.3, 0.4) is 0 Å². The van der Waals surface area contributed by atoms with Gasteiger partial charge in [0.25, 0.3) is 0 Å². The molecule has 0 aromatic carbocycles. The molecule has 3 aliphatic heterocycles. The molecule has 4 nitrogen and oxygen atoms in total. The predicted octanol–water partition coefficient (Wildman–Crippen LogP) is 2.50. The van der Waals surface area contributed by atoms with Crippen LogP contribution in [0, 0.1) is 11.8 Å². The van der Waals surface area contributed by atoms with Gasteiger partial charge in [0.1, 0.15) is 0 Å². The molecule has 3 saturated heterocycles. The quantitative estimate of drug-likeness (QED) is 0.639. The summed E-state index contributed by atoms with van der Waals surface area (Å²) in [5.41, 5.74) is -1.40. The first kappa shape index (κ1) is 14.9. The standard InChI is InChI=1S/C14H26B2O4/c1-9-10(2)14(8)12(5,6)18-16(20-14)15-17-11(3,4)13(9,7)19-15/h9-10H,1-8H3/t9-,10?,13?,14?/m1/s1. The van der Waals surface area contributed by atoms with E-state index in [1.165, 1.54) is 0 Å². The van der Waals surface area contributed by atoms with Crippen LogP contribution in [0.1, 0.15) is 55.4 Å². The minimum Gasteiger partial charge on any atom is -0.405 e. The van der Waals surface area contributed by atoms with Crippen LogP contribution in [0.4, 0.5) is 0 Å². The summed E-state index contributed by atoms with van der Waals surface area (Å²) >= 11 is 0. The summed E-state index contributed by atoms with van der Waals surface area (Å²) in [5, 5.41) is 0. The van der Waals surface area contributed by atoms with Gasteiger partial charge < -0.3 is 18.6 Å². The maximum absolute atomic E-state index is 6.28. The van der Waals surface area contributed by atoms with Gasteiger partial charge in [-0.3, -0.25) is 0 Å². The molecule has 0 radical (unpaired) electrons. The van der Waals surface area contributed by atoms with E-state index in [2.05, 4.69) is 55.4 Å². The molecule has 0 N–H and O–H groups in total. The van der Waals surface area contributed by atoms with Gasteiger partial charge in [-0.25, -0.2) is 0 Å². The van der Waals surface area contributed by atoms with E-state index in [0.717, 1.165) is 0 Å². The fourth-order valence-corrected chi connectivity index (χ4v) is 4.12. The minimum atomic E-state index is -0.453. The number of hydrogen-bond acceptors (Lipinski definition) is 4. The molecule has 0 aromatic rings. The Bertz CT molecular complexity index is 401. The second kappa shape index (κ2) is 3.83. The molecular weight excluding hydrogens is 254 g/mol. The average Bonchev–Trinajstić information content (AvgIpc) is 2.71. The lowest BCUT2D eigenvalue weighted by molar-refractivity contribution is -0.124. The van der Waals surface area contributed by atoms with E-state index in [-0.39, 0.29) is 34.2 Å². The lowest BCUT2D eigenvalue weighted by Crippen LogP contribution is -2.59. The third kappa shape index (κ3) is 1.54. The normalized spacial score (nSPS) is 49.2. The van der Waals surface area contributed by atoms with Crippen LogP contribution in [0.15, 0.2) is 0 Å². The van der Waals surface area contributed by atoms with Crippen molar-refractivity contribution in [2.45, 2.75) is 77.8 Å². The van der Waals surface area contributed by atoms with Crippen molar-refractivity contribution in [3.8, 4) is 0 Å². The summed E-state index contributed by atoms with van der Waals surface area (Å²) in [6.45, 7) is 17.2. The highest BCUT2D eigenvalue weighted by atomic mass is 16.7. The maximum atomic E-state index is 6.28. The van der Waals surface area contributed by atoms with E-state index in [0.29, 0.717) is 0 Å². The van der Waals surface area contributed by atoms with Gasteiger partial charge in [-0.15, -0.1) is 0 Å². The Morgan fingerprint density at radius 3 is 1.20 bits per heavy atom. The molecule has 4 atom stereocenters. The van der Waals surface area contributed by atoms with Crippen molar-refractivity contribution in [2.75, 3.05) is 0 Å². The van der Waals surface area contributed by atoms with E-state index in [9.17, 15) is 0 Å². The zero-order valence-electron chi connectivity index (χ0n) is 13.9. The van der Waals surface area contributed by atoms with E-state index in [4.69, 9.17) is 18.6 Å². The van der Waals surface area contributed by atoms with Gasteiger partial charge in [0.2, 0.25) is 0 Å². The molecule has 3 rings (SSSR count). The SMILES string of the molecule is CC1[C@@H](C)C2(C)OB(OC2(C)C)B2OC(C)(C)C1(C)O2. The molecule has 4 bridgehead atoms. The Hall–Kier alpha value is -0.0301. The predicted molar refractivity (Wildman–Crippen MR) is 79.1 cm³/mol. The van der Waals surface area contributed by atoms with Crippen LogP contribution in [-0.4, -0.2) is 36.4 Å². The fraction of sp³-hybridized carbons (Fsp3) is 1.00. The third-order valence-corrected chi connectivity index (χ3v) is 6.64. The molecule has 3 aliphatic rings. The van der Waals surface area contributed by atoms with Crippen molar-refractivity contribution in [1.82, 2.24) is 0 Å². The van der Waals surface area contributed by atoms with E-state index < -0.39 is 14.0 Å². The number of rotatable bonds is 0. The van der Waals surface area contributed by atoms with Crippen LogP contribution in [0.2, 0.25) is 0 Å². The van der Waals surface area contributed by atoms with Crippen molar-refractivity contribution in [3.63, 3.8) is 0 Å². The summed E-state index contributed by atoms with van der Waals surface area (Å²) in [5.74, 6) is 0.573. The smallest absolute Gasteiger partial charge is 0.405 e. The van der Waals surface area contributed by atoms with Gasteiger partial charge in [-0.1, -0.05) is 13.8 Å². The third-order valence-electron chi connectivity index (χ3n) is 6.64. The van der Waals surface area contributed by atoms with Crippen LogP contribution in [-0.2, 0) is 18.6 Å². The summed E-state index contributed by atoms with van der Waals surface area (Å²) in [7, 11) is -0.905. The number of fused-ring (bicyclic) bond motifs is 5.